The quantitative estimate of drug-likeness (QED) is 0.283. The van der Waals surface area contributed by atoms with Gasteiger partial charge in [-0.1, -0.05) is 23.7 Å². The Bertz CT molecular complexity index is 1130. The van der Waals surface area contributed by atoms with Crippen LogP contribution in [0.1, 0.15) is 28.8 Å². The second-order valence-electron chi connectivity index (χ2n) is 8.69. The molecule has 3 rings (SSSR count). The second-order valence-corrected chi connectivity index (χ2v) is 9.09. The van der Waals surface area contributed by atoms with E-state index in [0.29, 0.717) is 11.3 Å². The van der Waals surface area contributed by atoms with Crippen molar-refractivity contribution in [3.63, 3.8) is 0 Å². The van der Waals surface area contributed by atoms with Gasteiger partial charge in [0, 0.05) is 24.8 Å². The zero-order valence-corrected chi connectivity index (χ0v) is 20.0. The van der Waals surface area contributed by atoms with E-state index in [1.54, 1.807) is 24.3 Å². The molecule has 0 aromatic heterocycles. The molecule has 1 aliphatic rings. The molecule has 2 aromatic carbocycles. The summed E-state index contributed by atoms with van der Waals surface area (Å²) in [6, 6.07) is 7.49. The number of nitrogens with two attached hydrogens (primary N) is 1. The van der Waals surface area contributed by atoms with Crippen molar-refractivity contribution in [2.45, 2.75) is 49.2 Å². The predicted molar refractivity (Wildman–Crippen MR) is 127 cm³/mol. The number of benzene rings is 2. The number of amides is 3. The molecule has 1 saturated carbocycles. The lowest BCUT2D eigenvalue weighted by Crippen LogP contribution is -2.64. The molecule has 194 valence electrons. The van der Waals surface area contributed by atoms with Crippen molar-refractivity contribution in [1.82, 2.24) is 10.6 Å². The largest absolute Gasteiger partial charge is 0.497 e. The number of methoxy groups -OCH3 is 1. The smallest absolute Gasteiger partial charge is 0.252 e. The number of rotatable bonds is 8. The molecule has 0 radical (unpaired) electrons. The molecule has 0 bridgehead atoms. The van der Waals surface area contributed by atoms with E-state index >= 15 is 0 Å². The first-order chi connectivity index (χ1) is 16.9. The van der Waals surface area contributed by atoms with Crippen molar-refractivity contribution in [1.29, 1.82) is 0 Å². The molecule has 10 nitrogen and oxygen atoms in total. The highest BCUT2D eigenvalue weighted by Gasteiger charge is 2.49. The van der Waals surface area contributed by atoms with Gasteiger partial charge in [-0.3, -0.25) is 14.4 Å². The van der Waals surface area contributed by atoms with E-state index in [1.165, 1.54) is 7.11 Å². The van der Waals surface area contributed by atoms with E-state index in [9.17, 15) is 34.1 Å². The zero-order valence-electron chi connectivity index (χ0n) is 19.3. The molecule has 7 N–H and O–H groups in total. The number of halogens is 2. The normalized spacial score (nSPS) is 24.4. The first-order valence-electron chi connectivity index (χ1n) is 11.0. The van der Waals surface area contributed by atoms with Crippen molar-refractivity contribution < 1.29 is 38.8 Å². The number of carbonyl (C=O) groups excluding carboxylic acids is 3. The highest BCUT2D eigenvalue weighted by atomic mass is 35.5. The summed E-state index contributed by atoms with van der Waals surface area (Å²) in [6.07, 6.45) is -4.10. The van der Waals surface area contributed by atoms with Crippen molar-refractivity contribution in [3.05, 3.63) is 64.4 Å². The van der Waals surface area contributed by atoms with Crippen molar-refractivity contribution in [3.8, 4) is 5.75 Å². The molecule has 5 unspecified atom stereocenters. The van der Waals surface area contributed by atoms with Gasteiger partial charge in [-0.15, -0.1) is 0 Å². The Morgan fingerprint density at radius 1 is 1.19 bits per heavy atom. The average molecular weight is 524 g/mol. The summed E-state index contributed by atoms with van der Waals surface area (Å²) in [7, 11) is 1.50. The van der Waals surface area contributed by atoms with Crippen LogP contribution in [0, 0.1) is 5.82 Å². The van der Waals surface area contributed by atoms with Crippen LogP contribution < -0.4 is 21.1 Å². The van der Waals surface area contributed by atoms with Gasteiger partial charge in [0.1, 0.15) is 29.3 Å². The summed E-state index contributed by atoms with van der Waals surface area (Å²) >= 11 is 5.71. The SMILES string of the molecule is COc1ccc(CC(NC(=O)C2(O)CC(O)C(O)C(NC(=O)c3ccc(F)c(Cl)c3)C2)C(N)=O)cc1. The fourth-order valence-electron chi connectivity index (χ4n) is 4.03. The molecule has 1 fully saturated rings. The number of aliphatic hydroxyl groups excluding tert-OH is 2. The molecule has 0 saturated heterocycles. The third-order valence-electron chi connectivity index (χ3n) is 6.08. The minimum atomic E-state index is -2.25. The van der Waals surface area contributed by atoms with Crippen LogP contribution in [0.3, 0.4) is 0 Å². The van der Waals surface area contributed by atoms with Gasteiger partial charge >= 0.3 is 0 Å². The van der Waals surface area contributed by atoms with E-state index in [4.69, 9.17) is 22.1 Å². The van der Waals surface area contributed by atoms with Crippen molar-refractivity contribution >= 4 is 29.3 Å². The molecule has 0 heterocycles. The molecule has 0 spiro atoms. The number of hydrogen-bond acceptors (Lipinski definition) is 7. The van der Waals surface area contributed by atoms with Crippen LogP contribution in [0.5, 0.6) is 5.75 Å². The molecule has 5 atom stereocenters. The van der Waals surface area contributed by atoms with Crippen molar-refractivity contribution in [2.75, 3.05) is 7.11 Å². The fourth-order valence-corrected chi connectivity index (χ4v) is 4.21. The average Bonchev–Trinajstić information content (AvgIpc) is 2.83. The zero-order chi connectivity index (χ0) is 26.6. The summed E-state index contributed by atoms with van der Waals surface area (Å²) in [5.41, 5.74) is 3.83. The number of aliphatic hydroxyl groups is 3. The van der Waals surface area contributed by atoms with Crippen LogP contribution in [-0.2, 0) is 16.0 Å². The van der Waals surface area contributed by atoms with Crippen LogP contribution in [0.25, 0.3) is 0 Å². The van der Waals surface area contributed by atoms with Gasteiger partial charge in [0.2, 0.25) is 5.91 Å². The highest BCUT2D eigenvalue weighted by molar-refractivity contribution is 6.31. The predicted octanol–water partition coefficient (Wildman–Crippen LogP) is 0.0456. The number of hydrogen-bond donors (Lipinski definition) is 6. The van der Waals surface area contributed by atoms with Gasteiger partial charge in [0.05, 0.1) is 24.3 Å². The number of ether oxygens (including phenoxy) is 1. The lowest BCUT2D eigenvalue weighted by Gasteiger charge is -2.41. The number of carbonyl (C=O) groups is 3. The van der Waals surface area contributed by atoms with Gasteiger partial charge in [-0.05, 0) is 35.9 Å². The topological polar surface area (TPSA) is 171 Å². The minimum Gasteiger partial charge on any atom is -0.497 e. The number of primary amides is 1. The lowest BCUT2D eigenvalue weighted by molar-refractivity contribution is -0.159. The second kappa shape index (κ2) is 11.2. The Morgan fingerprint density at radius 3 is 2.44 bits per heavy atom. The summed E-state index contributed by atoms with van der Waals surface area (Å²) in [5.74, 6) is -2.76. The Hall–Kier alpha value is -3.25. The molecule has 12 heteroatoms. The fraction of sp³-hybridized carbons (Fsp3) is 0.375. The van der Waals surface area contributed by atoms with E-state index < -0.39 is 66.3 Å². The molecule has 1 aliphatic carbocycles. The Kier molecular flexibility index (Phi) is 8.51. The van der Waals surface area contributed by atoms with E-state index in [1.807, 2.05) is 0 Å². The van der Waals surface area contributed by atoms with Crippen LogP contribution in [-0.4, -0.2) is 70.0 Å². The molecule has 0 aliphatic heterocycles. The maximum Gasteiger partial charge on any atom is 0.252 e. The van der Waals surface area contributed by atoms with Gasteiger partial charge in [0.15, 0.2) is 0 Å². The van der Waals surface area contributed by atoms with Crippen LogP contribution in [0.2, 0.25) is 5.02 Å². The van der Waals surface area contributed by atoms with Crippen LogP contribution in [0.4, 0.5) is 4.39 Å². The maximum atomic E-state index is 13.4. The van der Waals surface area contributed by atoms with Gasteiger partial charge in [0.25, 0.3) is 11.8 Å². The van der Waals surface area contributed by atoms with Gasteiger partial charge < -0.3 is 36.4 Å². The van der Waals surface area contributed by atoms with Gasteiger partial charge in [-0.25, -0.2) is 4.39 Å². The maximum absolute atomic E-state index is 13.4. The first kappa shape index (κ1) is 27.3. The van der Waals surface area contributed by atoms with Crippen LogP contribution >= 0.6 is 11.6 Å². The Balaban J connectivity index is 1.73. The summed E-state index contributed by atoms with van der Waals surface area (Å²) in [5, 5.41) is 36.3. The summed E-state index contributed by atoms with van der Waals surface area (Å²) < 4.78 is 18.5. The summed E-state index contributed by atoms with van der Waals surface area (Å²) in [6.45, 7) is 0. The molecule has 2 aromatic rings. The van der Waals surface area contributed by atoms with E-state index in [-0.39, 0.29) is 17.0 Å². The minimum absolute atomic E-state index is 0.0256. The van der Waals surface area contributed by atoms with Crippen LogP contribution in [0.15, 0.2) is 42.5 Å². The van der Waals surface area contributed by atoms with E-state index in [0.717, 1.165) is 18.2 Å². The highest BCUT2D eigenvalue weighted by Crippen LogP contribution is 2.30. The lowest BCUT2D eigenvalue weighted by atomic mass is 9.77. The monoisotopic (exact) mass is 523 g/mol. The van der Waals surface area contributed by atoms with Gasteiger partial charge in [-0.2, -0.15) is 0 Å². The molecular weight excluding hydrogens is 497 g/mol. The van der Waals surface area contributed by atoms with E-state index in [2.05, 4.69) is 10.6 Å². The molecular formula is C24H27ClFN3O7. The Labute approximate surface area is 211 Å². The van der Waals surface area contributed by atoms with Crippen molar-refractivity contribution in [2.24, 2.45) is 5.73 Å². The number of nitrogens with one attached hydrogen (secondary N) is 2. The summed E-state index contributed by atoms with van der Waals surface area (Å²) in [4.78, 5) is 37.6. The third-order valence-corrected chi connectivity index (χ3v) is 6.37. The Morgan fingerprint density at radius 2 is 1.86 bits per heavy atom. The first-order valence-corrected chi connectivity index (χ1v) is 11.4. The molecule has 3 amide bonds. The molecule has 36 heavy (non-hydrogen) atoms. The standard InChI is InChI=1S/C24H27ClFN3O7/c1-36-14-5-2-12(3-6-14)8-17(21(27)32)29-23(34)24(35)10-18(20(31)19(30)11-24)28-22(33)13-4-7-16(26)15(25)9-13/h2-7,9,17-20,30-31,35H,8,10-11H2,1H3,(H2,27,32)(H,28,33)(H,29,34). The third kappa shape index (κ3) is 6.30.